The van der Waals surface area contributed by atoms with Gasteiger partial charge in [0, 0.05) is 0 Å². The zero-order valence-corrected chi connectivity index (χ0v) is 7.98. The van der Waals surface area contributed by atoms with E-state index in [9.17, 15) is 8.78 Å². The lowest BCUT2D eigenvalue weighted by atomic mass is 10.1. The molecule has 0 aromatic heterocycles. The molecule has 2 unspecified atom stereocenters. The second-order valence-corrected chi connectivity index (χ2v) is 3.25. The van der Waals surface area contributed by atoms with Crippen molar-refractivity contribution in [3.05, 3.63) is 24.2 Å². The van der Waals surface area contributed by atoms with Crippen LogP contribution in [-0.2, 0) is 9.47 Å². The van der Waals surface area contributed by atoms with Crippen molar-refractivity contribution in [2.45, 2.75) is 25.3 Å². The monoisotopic (exact) mass is 216 g/mol. The first-order valence-corrected chi connectivity index (χ1v) is 4.44. The van der Waals surface area contributed by atoms with Crippen molar-refractivity contribution >= 4 is 6.34 Å². The predicted molar refractivity (Wildman–Crippen MR) is 49.2 cm³/mol. The van der Waals surface area contributed by atoms with E-state index in [1.807, 2.05) is 0 Å². The van der Waals surface area contributed by atoms with Crippen molar-refractivity contribution in [3.63, 3.8) is 0 Å². The molecule has 0 aromatic carbocycles. The van der Waals surface area contributed by atoms with Crippen LogP contribution in [0.2, 0.25) is 0 Å². The van der Waals surface area contributed by atoms with Crippen molar-refractivity contribution in [3.8, 4) is 0 Å². The quantitative estimate of drug-likeness (QED) is 0.665. The number of ether oxygens (including phenoxy) is 2. The second kappa shape index (κ2) is 3.52. The Bertz CT molecular complexity index is 339. The van der Waals surface area contributed by atoms with Crippen molar-refractivity contribution in [1.29, 1.82) is 0 Å². The largest absolute Gasteiger partial charge is 0.585 e. The second-order valence-electron chi connectivity index (χ2n) is 3.25. The molecule has 0 aliphatic carbocycles. The molecule has 2 atom stereocenters. The Labute approximate surface area is 85.3 Å². The van der Waals surface area contributed by atoms with Crippen molar-refractivity contribution in [2.75, 3.05) is 0 Å². The van der Waals surface area contributed by atoms with Crippen molar-refractivity contribution < 1.29 is 18.3 Å². The van der Waals surface area contributed by atoms with Crippen molar-refractivity contribution in [1.82, 2.24) is 5.32 Å². The van der Waals surface area contributed by atoms with Crippen LogP contribution in [0.3, 0.4) is 0 Å². The molecule has 6 heteroatoms. The number of nitrogens with one attached hydrogen (secondary N) is 1. The van der Waals surface area contributed by atoms with Gasteiger partial charge < -0.3 is 14.8 Å². The average molecular weight is 216 g/mol. The van der Waals surface area contributed by atoms with Crippen LogP contribution < -0.4 is 5.32 Å². The van der Waals surface area contributed by atoms with Gasteiger partial charge in [-0.3, -0.25) is 4.99 Å². The molecule has 0 spiro atoms. The highest BCUT2D eigenvalue weighted by atomic mass is 19.3. The van der Waals surface area contributed by atoms with Crippen LogP contribution in [0.4, 0.5) is 8.78 Å². The fourth-order valence-corrected chi connectivity index (χ4v) is 1.42. The first kappa shape index (κ1) is 9.95. The van der Waals surface area contributed by atoms with Crippen molar-refractivity contribution in [2.24, 2.45) is 4.99 Å². The molecule has 2 rings (SSSR count). The first-order valence-electron chi connectivity index (χ1n) is 4.44. The predicted octanol–water partition coefficient (Wildman–Crippen LogP) is 1.37. The minimum absolute atomic E-state index is 0.0942. The molecule has 82 valence electrons. The number of rotatable bonds is 0. The lowest BCUT2D eigenvalue weighted by Crippen LogP contribution is -2.28. The molecule has 0 amide bonds. The standard InChI is InChI=1S/C9H10F2N2O2/c1-6-4-8-7(12-5-13-8)2-3-14-9(10,11)15-6/h2-5,7-8H,1H3,(H,12,13)/b3-2+,6-4+. The van der Waals surface area contributed by atoms with E-state index in [4.69, 9.17) is 0 Å². The number of aliphatic imine (C=N–C) groups is 1. The third-order valence-electron chi connectivity index (χ3n) is 2.06. The molecule has 2 heterocycles. The minimum atomic E-state index is -3.63. The molecule has 2 aliphatic rings. The van der Waals surface area contributed by atoms with Crippen LogP contribution >= 0.6 is 0 Å². The van der Waals surface area contributed by atoms with Gasteiger partial charge in [0.25, 0.3) is 0 Å². The fraction of sp³-hybridized carbons (Fsp3) is 0.444. The van der Waals surface area contributed by atoms with E-state index < -0.39 is 6.29 Å². The number of hydrogen-bond donors (Lipinski definition) is 1. The highest BCUT2D eigenvalue weighted by molar-refractivity contribution is 5.60. The van der Waals surface area contributed by atoms with Gasteiger partial charge in [0.15, 0.2) is 0 Å². The van der Waals surface area contributed by atoms with Crippen LogP contribution in [0.25, 0.3) is 0 Å². The van der Waals surface area contributed by atoms with Gasteiger partial charge in [0.2, 0.25) is 0 Å². The smallest absolute Gasteiger partial charge is 0.407 e. The van der Waals surface area contributed by atoms with E-state index in [-0.39, 0.29) is 17.8 Å². The summed E-state index contributed by atoms with van der Waals surface area (Å²) in [5.74, 6) is 0.0942. The molecule has 15 heavy (non-hydrogen) atoms. The molecule has 1 N–H and O–H groups in total. The summed E-state index contributed by atoms with van der Waals surface area (Å²) in [5, 5.41) is 2.91. The van der Waals surface area contributed by atoms with Crippen LogP contribution in [0.1, 0.15) is 6.92 Å². The SMILES string of the molecule is C/C1=C\C2NC=NC2/C=C/OC(F)(F)O1. The van der Waals surface area contributed by atoms with Crippen LogP contribution in [-0.4, -0.2) is 24.7 Å². The molecule has 4 nitrogen and oxygen atoms in total. The summed E-state index contributed by atoms with van der Waals surface area (Å²) in [6.45, 7) is 1.44. The Balaban J connectivity index is 2.23. The van der Waals surface area contributed by atoms with E-state index in [2.05, 4.69) is 19.8 Å². The van der Waals surface area contributed by atoms with Crippen LogP contribution in [0.5, 0.6) is 0 Å². The molecule has 0 saturated heterocycles. The molecule has 0 saturated carbocycles. The molecular weight excluding hydrogens is 206 g/mol. The summed E-state index contributed by atoms with van der Waals surface area (Å²) in [6, 6.07) is -0.406. The summed E-state index contributed by atoms with van der Waals surface area (Å²) in [6.07, 6.45) is 1.81. The highest BCUT2D eigenvalue weighted by Gasteiger charge is 2.35. The summed E-state index contributed by atoms with van der Waals surface area (Å²) in [5.41, 5.74) is 0. The van der Waals surface area contributed by atoms with E-state index in [0.717, 1.165) is 6.26 Å². The molecule has 0 fully saturated rings. The van der Waals surface area contributed by atoms with E-state index in [1.54, 1.807) is 6.08 Å². The molecule has 2 aliphatic heterocycles. The van der Waals surface area contributed by atoms with E-state index in [0.29, 0.717) is 0 Å². The summed E-state index contributed by atoms with van der Waals surface area (Å²) < 4.78 is 34.2. The molecule has 0 radical (unpaired) electrons. The maximum absolute atomic E-state index is 12.9. The zero-order chi connectivity index (χ0) is 10.9. The van der Waals surface area contributed by atoms with Gasteiger partial charge in [-0.1, -0.05) is 0 Å². The number of hydrogen-bond acceptors (Lipinski definition) is 4. The van der Waals surface area contributed by atoms with Gasteiger partial charge in [-0.25, -0.2) is 0 Å². The number of fused-ring (bicyclic) bond motifs is 1. The third kappa shape index (κ3) is 2.26. The van der Waals surface area contributed by atoms with E-state index >= 15 is 0 Å². The van der Waals surface area contributed by atoms with Crippen LogP contribution in [0, 0.1) is 0 Å². The summed E-state index contributed by atoms with van der Waals surface area (Å²) in [7, 11) is 0. The topological polar surface area (TPSA) is 42.9 Å². The van der Waals surface area contributed by atoms with E-state index in [1.165, 1.54) is 19.3 Å². The Morgan fingerprint density at radius 1 is 1.53 bits per heavy atom. The highest BCUT2D eigenvalue weighted by Crippen LogP contribution is 2.24. The van der Waals surface area contributed by atoms with Gasteiger partial charge in [-0.15, -0.1) is 8.78 Å². The fourth-order valence-electron chi connectivity index (χ4n) is 1.42. The Morgan fingerprint density at radius 3 is 3.13 bits per heavy atom. The lowest BCUT2D eigenvalue weighted by molar-refractivity contribution is -0.356. The van der Waals surface area contributed by atoms with Gasteiger partial charge in [-0.05, 0) is 19.1 Å². The van der Waals surface area contributed by atoms with Gasteiger partial charge >= 0.3 is 6.29 Å². The Morgan fingerprint density at radius 2 is 2.33 bits per heavy atom. The van der Waals surface area contributed by atoms with Gasteiger partial charge in [0.1, 0.15) is 5.76 Å². The Hall–Kier alpha value is -1.59. The number of allylic oxidation sites excluding steroid dienone is 1. The number of nitrogens with zero attached hydrogens (tertiary/aromatic N) is 1. The number of halogens is 2. The van der Waals surface area contributed by atoms with Gasteiger partial charge in [0.05, 0.1) is 24.7 Å². The molecule has 0 bridgehead atoms. The first-order chi connectivity index (χ1) is 7.07. The third-order valence-corrected chi connectivity index (χ3v) is 2.06. The maximum Gasteiger partial charge on any atom is 0.585 e. The lowest BCUT2D eigenvalue weighted by Gasteiger charge is -2.15. The summed E-state index contributed by atoms with van der Waals surface area (Å²) >= 11 is 0. The number of alkyl halides is 2. The molecule has 0 aromatic rings. The minimum Gasteiger partial charge on any atom is -0.407 e. The maximum atomic E-state index is 12.9. The summed E-state index contributed by atoms with van der Waals surface area (Å²) in [4.78, 5) is 4.04. The van der Waals surface area contributed by atoms with Gasteiger partial charge in [-0.2, -0.15) is 0 Å². The average Bonchev–Trinajstić information content (AvgIpc) is 2.50. The Kier molecular flexibility index (Phi) is 2.34. The van der Waals surface area contributed by atoms with Crippen LogP contribution in [0.15, 0.2) is 29.2 Å². The zero-order valence-electron chi connectivity index (χ0n) is 7.98. The normalized spacial score (nSPS) is 37.9. The molecular formula is C9H10F2N2O2.